The summed E-state index contributed by atoms with van der Waals surface area (Å²) in [6.45, 7) is 1.85. The first-order chi connectivity index (χ1) is 8.13. The van der Waals surface area contributed by atoms with E-state index in [0.717, 1.165) is 12.1 Å². The molecule has 1 aromatic heterocycles. The molecule has 2 aromatic rings. The van der Waals surface area contributed by atoms with Crippen LogP contribution in [0, 0.1) is 11.6 Å². The minimum atomic E-state index is -0.745. The molecule has 17 heavy (non-hydrogen) atoms. The SMILES string of the molecule is CCC(N)c1nnc(-c2c(F)cccc2F)o1. The number of benzene rings is 1. The quantitative estimate of drug-likeness (QED) is 0.893. The fraction of sp³-hybridized carbons (Fsp3) is 0.273. The van der Waals surface area contributed by atoms with Crippen molar-refractivity contribution in [3.8, 4) is 11.5 Å². The zero-order chi connectivity index (χ0) is 12.4. The Morgan fingerprint density at radius 3 is 2.53 bits per heavy atom. The van der Waals surface area contributed by atoms with Crippen LogP contribution >= 0.6 is 0 Å². The minimum Gasteiger partial charge on any atom is -0.419 e. The second-order valence-corrected chi connectivity index (χ2v) is 3.56. The van der Waals surface area contributed by atoms with E-state index in [4.69, 9.17) is 10.2 Å². The standard InChI is InChI=1S/C11H11F2N3O/c1-2-8(14)10-15-16-11(17-10)9-6(12)4-3-5-7(9)13/h3-5,8H,2,14H2,1H3. The molecular formula is C11H11F2N3O. The smallest absolute Gasteiger partial charge is 0.253 e. The van der Waals surface area contributed by atoms with Crippen molar-refractivity contribution in [1.82, 2.24) is 10.2 Å². The van der Waals surface area contributed by atoms with Crippen LogP contribution in [0.5, 0.6) is 0 Å². The van der Waals surface area contributed by atoms with Gasteiger partial charge in [-0.25, -0.2) is 8.78 Å². The van der Waals surface area contributed by atoms with Crippen LogP contribution in [0.3, 0.4) is 0 Å². The molecule has 0 saturated heterocycles. The van der Waals surface area contributed by atoms with Crippen molar-refractivity contribution in [1.29, 1.82) is 0 Å². The van der Waals surface area contributed by atoms with E-state index in [9.17, 15) is 8.78 Å². The Kier molecular flexibility index (Phi) is 3.14. The van der Waals surface area contributed by atoms with E-state index in [0.29, 0.717) is 6.42 Å². The summed E-state index contributed by atoms with van der Waals surface area (Å²) in [5, 5.41) is 7.27. The maximum Gasteiger partial charge on any atom is 0.253 e. The number of nitrogens with zero attached hydrogens (tertiary/aromatic N) is 2. The van der Waals surface area contributed by atoms with Crippen molar-refractivity contribution >= 4 is 0 Å². The molecule has 0 aliphatic heterocycles. The third kappa shape index (κ3) is 2.16. The first-order valence-corrected chi connectivity index (χ1v) is 5.16. The lowest BCUT2D eigenvalue weighted by molar-refractivity contribution is 0.448. The Hall–Kier alpha value is -1.82. The molecule has 4 nitrogen and oxygen atoms in total. The van der Waals surface area contributed by atoms with Gasteiger partial charge in [0, 0.05) is 0 Å². The van der Waals surface area contributed by atoms with Gasteiger partial charge in [-0.15, -0.1) is 10.2 Å². The lowest BCUT2D eigenvalue weighted by Crippen LogP contribution is -2.08. The Morgan fingerprint density at radius 2 is 1.94 bits per heavy atom. The molecule has 0 saturated carbocycles. The highest BCUT2D eigenvalue weighted by Crippen LogP contribution is 2.26. The Labute approximate surface area is 96.5 Å². The summed E-state index contributed by atoms with van der Waals surface area (Å²) in [7, 11) is 0. The Balaban J connectivity index is 2.44. The number of rotatable bonds is 3. The highest BCUT2D eigenvalue weighted by Gasteiger charge is 2.19. The largest absolute Gasteiger partial charge is 0.419 e. The summed E-state index contributed by atoms with van der Waals surface area (Å²) >= 11 is 0. The van der Waals surface area contributed by atoms with Crippen LogP contribution in [0.1, 0.15) is 25.3 Å². The van der Waals surface area contributed by atoms with Crippen LogP contribution in [0.2, 0.25) is 0 Å². The molecule has 1 aromatic carbocycles. The highest BCUT2D eigenvalue weighted by atomic mass is 19.1. The van der Waals surface area contributed by atoms with Crippen LogP contribution in [0.15, 0.2) is 22.6 Å². The first kappa shape index (κ1) is 11.7. The number of hydrogen-bond acceptors (Lipinski definition) is 4. The fourth-order valence-electron chi connectivity index (χ4n) is 1.36. The summed E-state index contributed by atoms with van der Waals surface area (Å²) in [6, 6.07) is 3.10. The predicted octanol–water partition coefficient (Wildman–Crippen LogP) is 2.42. The van der Waals surface area contributed by atoms with Gasteiger partial charge in [0.15, 0.2) is 0 Å². The second-order valence-electron chi connectivity index (χ2n) is 3.56. The van der Waals surface area contributed by atoms with Crippen LogP contribution < -0.4 is 5.73 Å². The maximum atomic E-state index is 13.4. The van der Waals surface area contributed by atoms with E-state index in [1.54, 1.807) is 0 Å². The van der Waals surface area contributed by atoms with Crippen molar-refractivity contribution in [3.05, 3.63) is 35.7 Å². The molecular weight excluding hydrogens is 228 g/mol. The lowest BCUT2D eigenvalue weighted by atomic mass is 10.2. The molecule has 0 spiro atoms. The van der Waals surface area contributed by atoms with Gasteiger partial charge in [0.2, 0.25) is 5.89 Å². The molecule has 2 N–H and O–H groups in total. The number of aromatic nitrogens is 2. The highest BCUT2D eigenvalue weighted by molar-refractivity contribution is 5.54. The van der Waals surface area contributed by atoms with Gasteiger partial charge in [-0.2, -0.15) is 0 Å². The molecule has 6 heteroatoms. The normalized spacial score (nSPS) is 12.7. The van der Waals surface area contributed by atoms with E-state index in [1.165, 1.54) is 6.07 Å². The molecule has 1 heterocycles. The fourth-order valence-corrected chi connectivity index (χ4v) is 1.36. The van der Waals surface area contributed by atoms with Crippen molar-refractivity contribution < 1.29 is 13.2 Å². The molecule has 0 aliphatic carbocycles. The summed E-state index contributed by atoms with van der Waals surface area (Å²) in [5.74, 6) is -1.51. The second kappa shape index (κ2) is 4.58. The Bertz CT molecular complexity index is 507. The van der Waals surface area contributed by atoms with Crippen LogP contribution in [-0.2, 0) is 0 Å². The van der Waals surface area contributed by atoms with E-state index in [-0.39, 0.29) is 17.3 Å². The third-order valence-electron chi connectivity index (χ3n) is 2.37. The predicted molar refractivity (Wildman–Crippen MR) is 56.9 cm³/mol. The van der Waals surface area contributed by atoms with Gasteiger partial charge in [-0.05, 0) is 18.6 Å². The first-order valence-electron chi connectivity index (χ1n) is 5.16. The van der Waals surface area contributed by atoms with Gasteiger partial charge in [0.25, 0.3) is 5.89 Å². The van der Waals surface area contributed by atoms with Crippen LogP contribution in [-0.4, -0.2) is 10.2 Å². The molecule has 2 rings (SSSR count). The van der Waals surface area contributed by atoms with Gasteiger partial charge < -0.3 is 10.2 Å². The summed E-state index contributed by atoms with van der Waals surface area (Å²) < 4.78 is 32.0. The molecule has 1 unspecified atom stereocenters. The summed E-state index contributed by atoms with van der Waals surface area (Å²) in [5.41, 5.74) is 5.35. The molecule has 90 valence electrons. The molecule has 0 radical (unpaired) electrons. The zero-order valence-corrected chi connectivity index (χ0v) is 9.15. The van der Waals surface area contributed by atoms with Crippen molar-refractivity contribution in [2.24, 2.45) is 5.73 Å². The monoisotopic (exact) mass is 239 g/mol. The van der Waals surface area contributed by atoms with Crippen LogP contribution in [0.25, 0.3) is 11.5 Å². The average Bonchev–Trinajstić information content (AvgIpc) is 2.77. The van der Waals surface area contributed by atoms with Gasteiger partial charge in [-0.1, -0.05) is 13.0 Å². The molecule has 0 bridgehead atoms. The van der Waals surface area contributed by atoms with E-state index in [2.05, 4.69) is 10.2 Å². The number of halogens is 2. The van der Waals surface area contributed by atoms with Crippen LogP contribution in [0.4, 0.5) is 8.78 Å². The van der Waals surface area contributed by atoms with E-state index >= 15 is 0 Å². The van der Waals surface area contributed by atoms with Gasteiger partial charge in [0.1, 0.15) is 17.2 Å². The van der Waals surface area contributed by atoms with E-state index in [1.807, 2.05) is 6.92 Å². The topological polar surface area (TPSA) is 64.9 Å². The Morgan fingerprint density at radius 1 is 1.29 bits per heavy atom. The molecule has 0 amide bonds. The number of hydrogen-bond donors (Lipinski definition) is 1. The van der Waals surface area contributed by atoms with Gasteiger partial charge in [0.05, 0.1) is 6.04 Å². The van der Waals surface area contributed by atoms with Gasteiger partial charge in [-0.3, -0.25) is 0 Å². The van der Waals surface area contributed by atoms with Crippen molar-refractivity contribution in [2.45, 2.75) is 19.4 Å². The zero-order valence-electron chi connectivity index (χ0n) is 9.15. The van der Waals surface area contributed by atoms with Crippen molar-refractivity contribution in [2.75, 3.05) is 0 Å². The number of nitrogens with two attached hydrogens (primary N) is 1. The maximum absolute atomic E-state index is 13.4. The average molecular weight is 239 g/mol. The molecule has 0 aliphatic rings. The van der Waals surface area contributed by atoms with Gasteiger partial charge >= 0.3 is 0 Å². The molecule has 0 fully saturated rings. The van der Waals surface area contributed by atoms with E-state index < -0.39 is 17.7 Å². The van der Waals surface area contributed by atoms with Crippen molar-refractivity contribution in [3.63, 3.8) is 0 Å². The lowest BCUT2D eigenvalue weighted by Gasteiger charge is -2.01. The minimum absolute atomic E-state index is 0.171. The molecule has 1 atom stereocenters. The summed E-state index contributed by atoms with van der Waals surface area (Å²) in [4.78, 5) is 0. The third-order valence-corrected chi connectivity index (χ3v) is 2.37. The summed E-state index contributed by atoms with van der Waals surface area (Å²) in [6.07, 6.45) is 0.599.